The lowest BCUT2D eigenvalue weighted by Crippen LogP contribution is -2.59. The third-order valence-corrected chi connectivity index (χ3v) is 3.70. The molecule has 1 fully saturated rings. The Kier molecular flexibility index (Phi) is 6.01. The van der Waals surface area contributed by atoms with Gasteiger partial charge in [-0.1, -0.05) is 19.3 Å². The summed E-state index contributed by atoms with van der Waals surface area (Å²) < 4.78 is 0. The Labute approximate surface area is 107 Å². The van der Waals surface area contributed by atoms with Crippen LogP contribution in [0.15, 0.2) is 0 Å². The topological polar surface area (TPSA) is 116 Å². The smallest absolute Gasteiger partial charge is 0.225 e. The van der Waals surface area contributed by atoms with Crippen molar-refractivity contribution in [3.05, 3.63) is 0 Å². The summed E-state index contributed by atoms with van der Waals surface area (Å²) in [6, 6.07) is -0.193. The van der Waals surface area contributed by atoms with Crippen molar-refractivity contribution in [2.75, 3.05) is 19.8 Å². The lowest BCUT2D eigenvalue weighted by atomic mass is 9.92. The third-order valence-electron chi connectivity index (χ3n) is 3.70. The van der Waals surface area contributed by atoms with Gasteiger partial charge in [0.25, 0.3) is 0 Å². The molecular weight excluding hydrogens is 236 g/mol. The van der Waals surface area contributed by atoms with Gasteiger partial charge in [-0.15, -0.1) is 0 Å². The van der Waals surface area contributed by atoms with Crippen LogP contribution in [0.25, 0.3) is 0 Å². The number of carbonyl (C=O) groups excluding carboxylic acids is 1. The van der Waals surface area contributed by atoms with Crippen molar-refractivity contribution in [2.45, 2.75) is 43.7 Å². The largest absolute Gasteiger partial charge is 0.394 e. The van der Waals surface area contributed by atoms with Gasteiger partial charge in [0.2, 0.25) is 5.91 Å². The lowest BCUT2D eigenvalue weighted by molar-refractivity contribution is -0.130. The van der Waals surface area contributed by atoms with Gasteiger partial charge in [0.05, 0.1) is 25.7 Å². The molecule has 0 heterocycles. The number of nitrogens with two attached hydrogens (primary N) is 1. The van der Waals surface area contributed by atoms with E-state index in [-0.39, 0.29) is 17.9 Å². The average molecular weight is 260 g/mol. The van der Waals surface area contributed by atoms with E-state index in [1.807, 2.05) is 0 Å². The minimum Gasteiger partial charge on any atom is -0.394 e. The van der Waals surface area contributed by atoms with E-state index in [2.05, 4.69) is 5.32 Å². The second kappa shape index (κ2) is 7.04. The fourth-order valence-corrected chi connectivity index (χ4v) is 2.28. The molecule has 0 bridgehead atoms. The van der Waals surface area contributed by atoms with E-state index in [0.29, 0.717) is 6.42 Å². The first-order valence-electron chi connectivity index (χ1n) is 6.49. The zero-order valence-electron chi connectivity index (χ0n) is 10.6. The van der Waals surface area contributed by atoms with Crippen molar-refractivity contribution in [3.63, 3.8) is 0 Å². The van der Waals surface area contributed by atoms with Crippen LogP contribution in [0.2, 0.25) is 0 Å². The summed E-state index contributed by atoms with van der Waals surface area (Å²) in [6.45, 7) is -1.52. The van der Waals surface area contributed by atoms with Crippen molar-refractivity contribution in [2.24, 2.45) is 11.7 Å². The maximum absolute atomic E-state index is 12.1. The lowest BCUT2D eigenvalue weighted by Gasteiger charge is -2.31. The number of hydrogen-bond donors (Lipinski definition) is 5. The molecule has 1 saturated carbocycles. The number of rotatable bonds is 5. The van der Waals surface area contributed by atoms with Crippen LogP contribution in [-0.2, 0) is 4.79 Å². The van der Waals surface area contributed by atoms with Crippen molar-refractivity contribution in [3.8, 4) is 0 Å². The van der Waals surface area contributed by atoms with Crippen LogP contribution < -0.4 is 11.1 Å². The van der Waals surface area contributed by atoms with E-state index in [9.17, 15) is 20.1 Å². The van der Waals surface area contributed by atoms with Crippen molar-refractivity contribution < 1.29 is 20.1 Å². The Morgan fingerprint density at radius 1 is 1.11 bits per heavy atom. The van der Waals surface area contributed by atoms with Gasteiger partial charge in [-0.3, -0.25) is 4.79 Å². The SMILES string of the molecule is NC1CCCCCC1C(=O)NC(CO)(CO)CO. The van der Waals surface area contributed by atoms with Gasteiger partial charge in [-0.2, -0.15) is 0 Å². The Hall–Kier alpha value is -0.690. The summed E-state index contributed by atoms with van der Waals surface area (Å²) in [5, 5.41) is 30.1. The Morgan fingerprint density at radius 3 is 2.22 bits per heavy atom. The molecule has 0 aliphatic heterocycles. The summed E-state index contributed by atoms with van der Waals surface area (Å²) in [6.07, 6.45) is 4.57. The number of amides is 1. The van der Waals surface area contributed by atoms with Crippen LogP contribution >= 0.6 is 0 Å². The fourth-order valence-electron chi connectivity index (χ4n) is 2.28. The van der Waals surface area contributed by atoms with Crippen LogP contribution in [0.3, 0.4) is 0 Å². The summed E-state index contributed by atoms with van der Waals surface area (Å²) in [5.74, 6) is -0.599. The maximum Gasteiger partial charge on any atom is 0.225 e. The highest BCUT2D eigenvalue weighted by molar-refractivity contribution is 5.80. The quantitative estimate of drug-likeness (QED) is 0.395. The molecule has 6 heteroatoms. The summed E-state index contributed by atoms with van der Waals surface area (Å²) in [7, 11) is 0. The zero-order chi connectivity index (χ0) is 13.6. The second-order valence-corrected chi connectivity index (χ2v) is 5.15. The Morgan fingerprint density at radius 2 is 1.67 bits per heavy atom. The molecule has 0 saturated heterocycles. The van der Waals surface area contributed by atoms with E-state index in [4.69, 9.17) is 5.73 Å². The normalized spacial score (nSPS) is 25.6. The van der Waals surface area contributed by atoms with Gasteiger partial charge in [-0.05, 0) is 12.8 Å². The summed E-state index contributed by atoms with van der Waals surface area (Å²) in [4.78, 5) is 12.1. The molecule has 0 aromatic heterocycles. The molecular formula is C12H24N2O4. The number of hydrogen-bond acceptors (Lipinski definition) is 5. The highest BCUT2D eigenvalue weighted by Crippen LogP contribution is 2.23. The van der Waals surface area contributed by atoms with Crippen molar-refractivity contribution in [1.29, 1.82) is 0 Å². The number of aliphatic hydroxyl groups excluding tert-OH is 3. The highest BCUT2D eigenvalue weighted by Gasteiger charge is 2.34. The molecule has 18 heavy (non-hydrogen) atoms. The molecule has 2 atom stereocenters. The van der Waals surface area contributed by atoms with E-state index in [1.165, 1.54) is 0 Å². The van der Waals surface area contributed by atoms with Gasteiger partial charge in [0.1, 0.15) is 5.54 Å². The predicted octanol–water partition coefficient (Wildman–Crippen LogP) is -1.27. The highest BCUT2D eigenvalue weighted by atomic mass is 16.3. The molecule has 0 spiro atoms. The van der Waals surface area contributed by atoms with E-state index >= 15 is 0 Å². The minimum atomic E-state index is -1.36. The van der Waals surface area contributed by atoms with Gasteiger partial charge in [0, 0.05) is 6.04 Å². The maximum atomic E-state index is 12.1. The zero-order valence-corrected chi connectivity index (χ0v) is 10.6. The van der Waals surface area contributed by atoms with Crippen LogP contribution in [0.5, 0.6) is 0 Å². The molecule has 106 valence electrons. The summed E-state index contributed by atoms with van der Waals surface area (Å²) in [5.41, 5.74) is 4.62. The first-order chi connectivity index (χ1) is 8.58. The first kappa shape index (κ1) is 15.4. The summed E-state index contributed by atoms with van der Waals surface area (Å²) >= 11 is 0. The molecule has 1 aliphatic rings. The predicted molar refractivity (Wildman–Crippen MR) is 66.7 cm³/mol. The van der Waals surface area contributed by atoms with E-state index in [1.54, 1.807) is 0 Å². The number of aliphatic hydroxyl groups is 3. The minimum absolute atomic E-state index is 0.193. The van der Waals surface area contributed by atoms with Crippen molar-refractivity contribution >= 4 is 5.91 Å². The van der Waals surface area contributed by atoms with Crippen LogP contribution in [0.4, 0.5) is 0 Å². The van der Waals surface area contributed by atoms with Gasteiger partial charge in [0.15, 0.2) is 0 Å². The van der Waals surface area contributed by atoms with Crippen LogP contribution in [0.1, 0.15) is 32.1 Å². The second-order valence-electron chi connectivity index (χ2n) is 5.15. The molecule has 0 radical (unpaired) electrons. The van der Waals surface area contributed by atoms with Crippen LogP contribution in [0, 0.1) is 5.92 Å². The molecule has 6 nitrogen and oxygen atoms in total. The van der Waals surface area contributed by atoms with Gasteiger partial charge < -0.3 is 26.4 Å². The van der Waals surface area contributed by atoms with E-state index in [0.717, 1.165) is 25.7 Å². The van der Waals surface area contributed by atoms with Gasteiger partial charge >= 0.3 is 0 Å². The Balaban J connectivity index is 2.67. The number of nitrogens with one attached hydrogen (secondary N) is 1. The fraction of sp³-hybridized carbons (Fsp3) is 0.917. The standard InChI is InChI=1S/C12H24N2O4/c13-10-5-3-1-2-4-9(10)11(18)14-12(6-15,7-16)8-17/h9-10,15-17H,1-8,13H2,(H,14,18). The molecule has 2 unspecified atom stereocenters. The van der Waals surface area contributed by atoms with Gasteiger partial charge in [-0.25, -0.2) is 0 Å². The molecule has 1 aliphatic carbocycles. The van der Waals surface area contributed by atoms with E-state index < -0.39 is 25.4 Å². The molecule has 6 N–H and O–H groups in total. The third kappa shape index (κ3) is 3.65. The molecule has 0 aromatic carbocycles. The molecule has 0 aromatic rings. The average Bonchev–Trinajstić information content (AvgIpc) is 2.60. The van der Waals surface area contributed by atoms with Crippen molar-refractivity contribution in [1.82, 2.24) is 5.32 Å². The first-order valence-corrected chi connectivity index (χ1v) is 6.49. The molecule has 1 rings (SSSR count). The molecule has 1 amide bonds. The number of carbonyl (C=O) groups is 1. The monoisotopic (exact) mass is 260 g/mol. The Bertz CT molecular complexity index is 261. The van der Waals surface area contributed by atoms with Crippen LogP contribution in [-0.4, -0.2) is 52.6 Å².